The van der Waals surface area contributed by atoms with E-state index in [2.05, 4.69) is 47.6 Å². The summed E-state index contributed by atoms with van der Waals surface area (Å²) in [5.41, 5.74) is 1.50. The minimum Gasteiger partial charge on any atom is -0.318 e. The zero-order valence-corrected chi connectivity index (χ0v) is 9.61. The van der Waals surface area contributed by atoms with Crippen LogP contribution in [-0.2, 0) is 0 Å². The summed E-state index contributed by atoms with van der Waals surface area (Å²) in [6.45, 7) is 2.22. The van der Waals surface area contributed by atoms with Crippen LogP contribution < -0.4 is 5.32 Å². The maximum atomic E-state index is 3.19. The molecule has 0 bridgehead atoms. The van der Waals surface area contributed by atoms with Crippen molar-refractivity contribution in [3.05, 3.63) is 35.9 Å². The van der Waals surface area contributed by atoms with Gasteiger partial charge in [0.2, 0.25) is 0 Å². The van der Waals surface area contributed by atoms with E-state index in [0.29, 0.717) is 0 Å². The van der Waals surface area contributed by atoms with Crippen LogP contribution in [0.25, 0.3) is 0 Å². The molecule has 1 aromatic rings. The van der Waals surface area contributed by atoms with Crippen LogP contribution in [0, 0.1) is 0 Å². The second-order valence-corrected chi connectivity index (χ2v) is 4.40. The molecule has 2 nitrogen and oxygen atoms in total. The lowest BCUT2D eigenvalue weighted by Crippen LogP contribution is -2.29. The number of likely N-dealkylation sites (N-methyl/N-ethyl adjacent to an activating group) is 2. The first-order valence-corrected chi connectivity index (χ1v) is 5.72. The summed E-state index contributed by atoms with van der Waals surface area (Å²) >= 11 is 0. The van der Waals surface area contributed by atoms with Gasteiger partial charge in [0.15, 0.2) is 0 Å². The Hall–Kier alpha value is -0.860. The summed E-state index contributed by atoms with van der Waals surface area (Å²) in [7, 11) is 4.24. The van der Waals surface area contributed by atoms with Crippen LogP contribution in [0.5, 0.6) is 0 Å². The Labute approximate surface area is 92.3 Å². The van der Waals surface area contributed by atoms with Crippen molar-refractivity contribution in [2.75, 3.05) is 27.2 Å². The molecule has 2 atom stereocenters. The number of hydrogen-bond acceptors (Lipinski definition) is 2. The SMILES string of the molecule is CNCCN(C)C1CC1c1ccccc1. The normalized spacial score (nSPS) is 24.5. The third kappa shape index (κ3) is 2.58. The molecule has 15 heavy (non-hydrogen) atoms. The second kappa shape index (κ2) is 4.77. The monoisotopic (exact) mass is 204 g/mol. The van der Waals surface area contributed by atoms with Gasteiger partial charge in [-0.1, -0.05) is 30.3 Å². The van der Waals surface area contributed by atoms with Crippen molar-refractivity contribution in [1.29, 1.82) is 0 Å². The molecule has 0 amide bonds. The number of hydrogen-bond donors (Lipinski definition) is 1. The van der Waals surface area contributed by atoms with Crippen molar-refractivity contribution in [2.24, 2.45) is 0 Å². The number of benzene rings is 1. The van der Waals surface area contributed by atoms with E-state index in [-0.39, 0.29) is 0 Å². The number of nitrogens with zero attached hydrogens (tertiary/aromatic N) is 1. The van der Waals surface area contributed by atoms with Crippen LogP contribution in [0.3, 0.4) is 0 Å². The van der Waals surface area contributed by atoms with Crippen LogP contribution in [0.2, 0.25) is 0 Å². The summed E-state index contributed by atoms with van der Waals surface area (Å²) in [6, 6.07) is 11.6. The van der Waals surface area contributed by atoms with Gasteiger partial charge in [0.05, 0.1) is 0 Å². The van der Waals surface area contributed by atoms with Crippen LogP contribution in [0.1, 0.15) is 17.9 Å². The molecule has 0 radical (unpaired) electrons. The third-order valence-corrected chi connectivity index (χ3v) is 3.27. The van der Waals surface area contributed by atoms with Crippen molar-refractivity contribution in [3.63, 3.8) is 0 Å². The molecule has 2 rings (SSSR count). The molecular formula is C13H20N2. The average Bonchev–Trinajstić information content (AvgIpc) is 3.07. The molecule has 1 fully saturated rings. The van der Waals surface area contributed by atoms with Crippen molar-refractivity contribution >= 4 is 0 Å². The van der Waals surface area contributed by atoms with E-state index in [1.807, 2.05) is 7.05 Å². The molecule has 1 aliphatic rings. The average molecular weight is 204 g/mol. The van der Waals surface area contributed by atoms with E-state index in [0.717, 1.165) is 25.0 Å². The van der Waals surface area contributed by atoms with E-state index >= 15 is 0 Å². The van der Waals surface area contributed by atoms with E-state index in [4.69, 9.17) is 0 Å². The van der Waals surface area contributed by atoms with E-state index in [9.17, 15) is 0 Å². The largest absolute Gasteiger partial charge is 0.318 e. The predicted octanol–water partition coefficient (Wildman–Crippen LogP) is 1.69. The second-order valence-electron chi connectivity index (χ2n) is 4.40. The Kier molecular flexibility index (Phi) is 3.39. The summed E-state index contributed by atoms with van der Waals surface area (Å²) in [6.07, 6.45) is 1.32. The van der Waals surface area contributed by atoms with Crippen LogP contribution in [0.4, 0.5) is 0 Å². The van der Waals surface area contributed by atoms with Crippen molar-refractivity contribution in [1.82, 2.24) is 10.2 Å². The zero-order chi connectivity index (χ0) is 10.7. The first-order valence-electron chi connectivity index (χ1n) is 5.72. The number of nitrogens with one attached hydrogen (secondary N) is 1. The van der Waals surface area contributed by atoms with Crippen molar-refractivity contribution < 1.29 is 0 Å². The Morgan fingerprint density at radius 2 is 2.07 bits per heavy atom. The maximum absolute atomic E-state index is 3.19. The molecule has 2 heteroatoms. The molecule has 1 N–H and O–H groups in total. The fraction of sp³-hybridized carbons (Fsp3) is 0.538. The molecule has 2 unspecified atom stereocenters. The molecule has 0 aromatic heterocycles. The zero-order valence-electron chi connectivity index (χ0n) is 9.61. The molecule has 1 aliphatic carbocycles. The van der Waals surface area contributed by atoms with Crippen molar-refractivity contribution in [3.8, 4) is 0 Å². The molecule has 1 saturated carbocycles. The van der Waals surface area contributed by atoms with Crippen LogP contribution in [0.15, 0.2) is 30.3 Å². The lowest BCUT2D eigenvalue weighted by Gasteiger charge is -2.16. The number of rotatable bonds is 5. The highest BCUT2D eigenvalue weighted by molar-refractivity contribution is 5.27. The quantitative estimate of drug-likeness (QED) is 0.785. The fourth-order valence-corrected chi connectivity index (χ4v) is 2.18. The minimum atomic E-state index is 0.765. The van der Waals surface area contributed by atoms with E-state index in [1.54, 1.807) is 0 Å². The highest BCUT2D eigenvalue weighted by Crippen LogP contribution is 2.43. The summed E-state index contributed by atoms with van der Waals surface area (Å²) in [5.74, 6) is 0.771. The molecular weight excluding hydrogens is 184 g/mol. The van der Waals surface area contributed by atoms with Gasteiger partial charge in [0, 0.05) is 25.0 Å². The van der Waals surface area contributed by atoms with Gasteiger partial charge < -0.3 is 10.2 Å². The lowest BCUT2D eigenvalue weighted by atomic mass is 10.1. The highest BCUT2D eigenvalue weighted by atomic mass is 15.2. The van der Waals surface area contributed by atoms with Gasteiger partial charge in [-0.15, -0.1) is 0 Å². The summed E-state index contributed by atoms with van der Waals surface area (Å²) in [4.78, 5) is 2.47. The molecule has 0 spiro atoms. The van der Waals surface area contributed by atoms with Crippen LogP contribution in [-0.4, -0.2) is 38.1 Å². The Balaban J connectivity index is 1.85. The first-order chi connectivity index (χ1) is 7.33. The fourth-order valence-electron chi connectivity index (χ4n) is 2.18. The van der Waals surface area contributed by atoms with Crippen molar-refractivity contribution in [2.45, 2.75) is 18.4 Å². The summed E-state index contributed by atoms with van der Waals surface area (Å²) in [5, 5.41) is 3.19. The van der Waals surface area contributed by atoms with E-state index < -0.39 is 0 Å². The van der Waals surface area contributed by atoms with Gasteiger partial charge in [0.1, 0.15) is 0 Å². The van der Waals surface area contributed by atoms with E-state index in [1.165, 1.54) is 12.0 Å². The standard InChI is InChI=1S/C13H20N2/c1-14-8-9-15(2)13-10-12(13)11-6-4-3-5-7-11/h3-7,12-14H,8-10H2,1-2H3. The Morgan fingerprint density at radius 3 is 2.73 bits per heavy atom. The molecule has 1 aromatic carbocycles. The predicted molar refractivity (Wildman–Crippen MR) is 64.1 cm³/mol. The topological polar surface area (TPSA) is 15.3 Å². The molecule has 82 valence electrons. The minimum absolute atomic E-state index is 0.765. The molecule has 0 aliphatic heterocycles. The van der Waals surface area contributed by atoms with Gasteiger partial charge in [-0.25, -0.2) is 0 Å². The first kappa shape index (κ1) is 10.7. The van der Waals surface area contributed by atoms with Gasteiger partial charge in [0.25, 0.3) is 0 Å². The third-order valence-electron chi connectivity index (χ3n) is 3.27. The van der Waals surface area contributed by atoms with Gasteiger partial charge in [-0.3, -0.25) is 0 Å². The maximum Gasteiger partial charge on any atom is 0.0168 e. The Bertz CT molecular complexity index is 297. The smallest absolute Gasteiger partial charge is 0.0168 e. The van der Waals surface area contributed by atoms with Gasteiger partial charge in [-0.2, -0.15) is 0 Å². The van der Waals surface area contributed by atoms with Gasteiger partial charge >= 0.3 is 0 Å². The molecule has 0 heterocycles. The Morgan fingerprint density at radius 1 is 1.33 bits per heavy atom. The highest BCUT2D eigenvalue weighted by Gasteiger charge is 2.40. The summed E-state index contributed by atoms with van der Waals surface area (Å²) < 4.78 is 0. The van der Waals surface area contributed by atoms with Gasteiger partial charge in [-0.05, 0) is 26.1 Å². The lowest BCUT2D eigenvalue weighted by molar-refractivity contribution is 0.320. The van der Waals surface area contributed by atoms with Crippen LogP contribution >= 0.6 is 0 Å². The molecule has 0 saturated heterocycles.